The van der Waals surface area contributed by atoms with Crippen molar-refractivity contribution >= 4 is 6.09 Å². The predicted molar refractivity (Wildman–Crippen MR) is 60.9 cm³/mol. The van der Waals surface area contributed by atoms with Gasteiger partial charge in [0.2, 0.25) is 0 Å². The summed E-state index contributed by atoms with van der Waals surface area (Å²) >= 11 is 0. The molecule has 1 aromatic rings. The van der Waals surface area contributed by atoms with Gasteiger partial charge in [0.1, 0.15) is 6.61 Å². The molecule has 0 aliphatic heterocycles. The number of ether oxygens (including phenoxy) is 1. The highest BCUT2D eigenvalue weighted by atomic mass is 16.5. The van der Waals surface area contributed by atoms with Crippen LogP contribution in [0.15, 0.2) is 43.0 Å². The van der Waals surface area contributed by atoms with E-state index in [2.05, 4.69) is 11.9 Å². The van der Waals surface area contributed by atoms with Crippen LogP contribution >= 0.6 is 0 Å². The van der Waals surface area contributed by atoms with Gasteiger partial charge in [-0.2, -0.15) is 0 Å². The first-order valence-corrected chi connectivity index (χ1v) is 4.98. The molecule has 0 saturated carbocycles. The van der Waals surface area contributed by atoms with Gasteiger partial charge in [-0.3, -0.25) is 0 Å². The molecule has 1 atom stereocenters. The quantitative estimate of drug-likeness (QED) is 0.743. The molecule has 86 valence electrons. The molecule has 0 aromatic heterocycles. The lowest BCUT2D eigenvalue weighted by Crippen LogP contribution is -2.29. The van der Waals surface area contributed by atoms with Crippen molar-refractivity contribution in [2.24, 2.45) is 0 Å². The molecule has 0 saturated heterocycles. The first-order valence-electron chi connectivity index (χ1n) is 4.98. The number of rotatable bonds is 5. The summed E-state index contributed by atoms with van der Waals surface area (Å²) < 4.78 is 4.70. The van der Waals surface area contributed by atoms with E-state index in [1.54, 1.807) is 12.1 Å². The fourth-order valence-corrected chi connectivity index (χ4v) is 1.16. The fraction of sp³-hybridized carbons (Fsp3) is 0.250. The first-order chi connectivity index (χ1) is 7.74. The van der Waals surface area contributed by atoms with Crippen molar-refractivity contribution in [3.8, 4) is 0 Å². The number of carbonyl (C=O) groups excluding carboxylic acids is 1. The second kappa shape index (κ2) is 6.63. The number of aliphatic hydroxyl groups is 1. The lowest BCUT2D eigenvalue weighted by molar-refractivity contribution is 0.139. The van der Waals surface area contributed by atoms with Gasteiger partial charge in [-0.25, -0.2) is 4.79 Å². The van der Waals surface area contributed by atoms with Crippen LogP contribution < -0.4 is 5.32 Å². The molecule has 0 radical (unpaired) electrons. The van der Waals surface area contributed by atoms with E-state index in [4.69, 9.17) is 4.74 Å². The molecule has 1 amide bonds. The molecule has 2 N–H and O–H groups in total. The number of hydrogen-bond donors (Lipinski definition) is 2. The average Bonchev–Trinajstić information content (AvgIpc) is 2.34. The Hall–Kier alpha value is -1.81. The number of alkyl carbamates (subject to hydrolysis) is 1. The number of amides is 1. The van der Waals surface area contributed by atoms with E-state index in [9.17, 15) is 9.90 Å². The molecule has 1 unspecified atom stereocenters. The summed E-state index contributed by atoms with van der Waals surface area (Å²) in [5.74, 6) is 0. The van der Waals surface area contributed by atoms with Crippen LogP contribution in [0.4, 0.5) is 4.79 Å². The normalized spacial score (nSPS) is 11.6. The summed E-state index contributed by atoms with van der Waals surface area (Å²) in [5, 5.41) is 12.2. The number of nitrogens with one attached hydrogen (secondary N) is 1. The fourth-order valence-electron chi connectivity index (χ4n) is 1.16. The molecule has 0 bridgehead atoms. The highest BCUT2D eigenvalue weighted by Crippen LogP contribution is 2.10. The van der Waals surface area contributed by atoms with Crippen LogP contribution in [-0.2, 0) is 4.74 Å². The minimum absolute atomic E-state index is 0.125. The van der Waals surface area contributed by atoms with E-state index in [1.165, 1.54) is 6.08 Å². The maximum Gasteiger partial charge on any atom is 0.407 e. The van der Waals surface area contributed by atoms with Gasteiger partial charge in [-0.05, 0) is 5.56 Å². The van der Waals surface area contributed by atoms with Gasteiger partial charge in [0.15, 0.2) is 0 Å². The Kier molecular flexibility index (Phi) is 5.08. The molecule has 16 heavy (non-hydrogen) atoms. The van der Waals surface area contributed by atoms with Crippen LogP contribution in [0.5, 0.6) is 0 Å². The van der Waals surface area contributed by atoms with Gasteiger partial charge in [-0.15, -0.1) is 0 Å². The van der Waals surface area contributed by atoms with E-state index >= 15 is 0 Å². The smallest absolute Gasteiger partial charge is 0.407 e. The van der Waals surface area contributed by atoms with Crippen LogP contribution in [0.25, 0.3) is 0 Å². The van der Waals surface area contributed by atoms with E-state index in [0.717, 1.165) is 5.56 Å². The molecule has 0 aliphatic rings. The molecule has 0 aliphatic carbocycles. The highest BCUT2D eigenvalue weighted by molar-refractivity contribution is 5.67. The maximum absolute atomic E-state index is 11.0. The van der Waals surface area contributed by atoms with Crippen molar-refractivity contribution in [2.45, 2.75) is 6.10 Å². The third-order valence-corrected chi connectivity index (χ3v) is 1.96. The lowest BCUT2D eigenvalue weighted by atomic mass is 10.1. The summed E-state index contributed by atoms with van der Waals surface area (Å²) in [6.45, 7) is 3.71. The van der Waals surface area contributed by atoms with Crippen molar-refractivity contribution in [3.63, 3.8) is 0 Å². The minimum atomic E-state index is -0.725. The summed E-state index contributed by atoms with van der Waals surface area (Å²) in [7, 11) is 0. The van der Waals surface area contributed by atoms with Crippen molar-refractivity contribution < 1.29 is 14.6 Å². The van der Waals surface area contributed by atoms with Gasteiger partial charge < -0.3 is 15.2 Å². The molecule has 4 heteroatoms. The molecular weight excluding hydrogens is 206 g/mol. The van der Waals surface area contributed by atoms with E-state index in [-0.39, 0.29) is 13.2 Å². The zero-order valence-corrected chi connectivity index (χ0v) is 8.93. The average molecular weight is 221 g/mol. The number of hydrogen-bond acceptors (Lipinski definition) is 3. The minimum Gasteiger partial charge on any atom is -0.445 e. The summed E-state index contributed by atoms with van der Waals surface area (Å²) in [5.41, 5.74) is 0.756. The Bertz CT molecular complexity index is 337. The van der Waals surface area contributed by atoms with E-state index in [0.29, 0.717) is 0 Å². The highest BCUT2D eigenvalue weighted by Gasteiger charge is 2.08. The molecule has 0 heterocycles. The van der Waals surface area contributed by atoms with Gasteiger partial charge in [0.05, 0.1) is 12.6 Å². The van der Waals surface area contributed by atoms with Crippen molar-refractivity contribution in [3.05, 3.63) is 48.6 Å². The Labute approximate surface area is 94.6 Å². The van der Waals surface area contributed by atoms with Crippen LogP contribution in [-0.4, -0.2) is 24.4 Å². The number of aliphatic hydroxyl groups excluding tert-OH is 1. The van der Waals surface area contributed by atoms with Gasteiger partial charge in [0, 0.05) is 0 Å². The van der Waals surface area contributed by atoms with Crippen LogP contribution in [0.3, 0.4) is 0 Å². The maximum atomic E-state index is 11.0. The predicted octanol–water partition coefficient (Wildman–Crippen LogP) is 1.63. The topological polar surface area (TPSA) is 58.6 Å². The largest absolute Gasteiger partial charge is 0.445 e. The Morgan fingerprint density at radius 3 is 2.81 bits per heavy atom. The van der Waals surface area contributed by atoms with Crippen molar-refractivity contribution in [1.29, 1.82) is 0 Å². The van der Waals surface area contributed by atoms with Crippen molar-refractivity contribution in [1.82, 2.24) is 5.32 Å². The Balaban J connectivity index is 2.33. The number of benzene rings is 1. The second-order valence-corrected chi connectivity index (χ2v) is 3.19. The van der Waals surface area contributed by atoms with E-state index < -0.39 is 12.2 Å². The monoisotopic (exact) mass is 221 g/mol. The van der Waals surface area contributed by atoms with Crippen LogP contribution in [0.1, 0.15) is 11.7 Å². The molecule has 0 fully saturated rings. The van der Waals surface area contributed by atoms with Crippen LogP contribution in [0.2, 0.25) is 0 Å². The van der Waals surface area contributed by atoms with Gasteiger partial charge in [0.25, 0.3) is 0 Å². The molecule has 1 rings (SSSR count). The zero-order valence-electron chi connectivity index (χ0n) is 8.93. The molecule has 0 spiro atoms. The summed E-state index contributed by atoms with van der Waals surface area (Å²) in [6.07, 6.45) is 0.195. The Morgan fingerprint density at radius 1 is 1.50 bits per heavy atom. The third kappa shape index (κ3) is 4.14. The van der Waals surface area contributed by atoms with Gasteiger partial charge >= 0.3 is 6.09 Å². The third-order valence-electron chi connectivity index (χ3n) is 1.96. The lowest BCUT2D eigenvalue weighted by Gasteiger charge is -2.11. The Morgan fingerprint density at radius 2 is 2.19 bits per heavy atom. The summed E-state index contributed by atoms with van der Waals surface area (Å²) in [6, 6.07) is 9.11. The number of carbonyl (C=O) groups is 1. The van der Waals surface area contributed by atoms with Crippen LogP contribution in [0, 0.1) is 0 Å². The first kappa shape index (κ1) is 12.3. The standard InChI is InChI=1S/C12H15NO3/c1-2-8-16-12(15)13-9-11(14)10-6-4-3-5-7-10/h2-7,11,14H,1,8-9H2,(H,13,15). The van der Waals surface area contributed by atoms with E-state index in [1.807, 2.05) is 18.2 Å². The van der Waals surface area contributed by atoms with Crippen molar-refractivity contribution in [2.75, 3.05) is 13.2 Å². The molecule has 4 nitrogen and oxygen atoms in total. The summed E-state index contributed by atoms with van der Waals surface area (Å²) in [4.78, 5) is 11.0. The molecule has 1 aromatic carbocycles. The molecular formula is C12H15NO3. The van der Waals surface area contributed by atoms with Gasteiger partial charge in [-0.1, -0.05) is 43.0 Å². The zero-order chi connectivity index (χ0) is 11.8. The SMILES string of the molecule is C=CCOC(=O)NCC(O)c1ccccc1. The second-order valence-electron chi connectivity index (χ2n) is 3.19.